The molecule has 0 saturated heterocycles. The number of hydrogen-bond acceptors (Lipinski definition) is 7. The van der Waals surface area contributed by atoms with Crippen molar-refractivity contribution >= 4 is 16.9 Å². The molecule has 0 unspecified atom stereocenters. The normalized spacial score (nSPS) is 13.7. The molecule has 3 aromatic rings. The predicted molar refractivity (Wildman–Crippen MR) is 90.9 cm³/mol. The topological polar surface area (TPSA) is 107 Å². The fraction of sp³-hybridized carbons (Fsp3) is 0.333. The molecular weight excluding hydrogens is 338 g/mol. The number of ether oxygens (including phenoxy) is 1. The maximum absolute atomic E-state index is 11.9. The summed E-state index contributed by atoms with van der Waals surface area (Å²) in [6.07, 6.45) is 2.29. The monoisotopic (exact) mass is 355 g/mol. The van der Waals surface area contributed by atoms with Gasteiger partial charge in [-0.3, -0.25) is 4.79 Å². The fourth-order valence-electron chi connectivity index (χ4n) is 2.58. The van der Waals surface area contributed by atoms with E-state index < -0.39 is 5.63 Å². The number of fused-ring (bicyclic) bond motifs is 1. The van der Waals surface area contributed by atoms with Crippen molar-refractivity contribution in [1.29, 1.82) is 0 Å². The lowest BCUT2D eigenvalue weighted by Crippen LogP contribution is -2.25. The second-order valence-corrected chi connectivity index (χ2v) is 6.36. The van der Waals surface area contributed by atoms with Crippen LogP contribution in [0, 0.1) is 12.8 Å². The predicted octanol–water partition coefficient (Wildman–Crippen LogP) is 2.20. The summed E-state index contributed by atoms with van der Waals surface area (Å²) in [6.45, 7) is 2.50. The summed E-state index contributed by atoms with van der Waals surface area (Å²) < 4.78 is 15.7. The molecule has 1 aliphatic carbocycles. The van der Waals surface area contributed by atoms with Crippen molar-refractivity contribution < 1.29 is 18.5 Å². The molecule has 0 radical (unpaired) electrons. The third-order valence-corrected chi connectivity index (χ3v) is 4.20. The highest BCUT2D eigenvalue weighted by molar-refractivity contribution is 5.89. The van der Waals surface area contributed by atoms with Crippen molar-refractivity contribution in [3.05, 3.63) is 52.0 Å². The van der Waals surface area contributed by atoms with Gasteiger partial charge in [0, 0.05) is 24.1 Å². The molecule has 1 aliphatic rings. The van der Waals surface area contributed by atoms with Gasteiger partial charge in [-0.15, -0.1) is 0 Å². The summed E-state index contributed by atoms with van der Waals surface area (Å²) in [5.74, 6) is 0.868. The molecule has 1 aromatic carbocycles. The van der Waals surface area contributed by atoms with Crippen LogP contribution < -0.4 is 15.7 Å². The zero-order valence-corrected chi connectivity index (χ0v) is 14.2. The highest BCUT2D eigenvalue weighted by Gasteiger charge is 2.23. The molecule has 1 fully saturated rings. The van der Waals surface area contributed by atoms with E-state index in [0.717, 1.165) is 23.8 Å². The Labute approximate surface area is 148 Å². The number of carbonyl (C=O) groups excluding carboxylic acids is 1. The van der Waals surface area contributed by atoms with E-state index in [0.29, 0.717) is 23.8 Å². The van der Waals surface area contributed by atoms with Gasteiger partial charge in [0.05, 0.1) is 0 Å². The third kappa shape index (κ3) is 3.58. The van der Waals surface area contributed by atoms with Gasteiger partial charge in [-0.1, -0.05) is 5.16 Å². The first-order valence-electron chi connectivity index (χ1n) is 8.36. The summed E-state index contributed by atoms with van der Waals surface area (Å²) in [6, 6.07) is 6.65. The highest BCUT2D eigenvalue weighted by Crippen LogP contribution is 2.27. The molecule has 0 aliphatic heterocycles. The van der Waals surface area contributed by atoms with E-state index in [1.54, 1.807) is 12.1 Å². The van der Waals surface area contributed by atoms with Crippen molar-refractivity contribution in [2.75, 3.05) is 6.54 Å². The Hall–Kier alpha value is -3.16. The van der Waals surface area contributed by atoms with E-state index in [2.05, 4.69) is 15.5 Å². The van der Waals surface area contributed by atoms with Crippen LogP contribution in [0.1, 0.15) is 34.9 Å². The van der Waals surface area contributed by atoms with Gasteiger partial charge in [0.25, 0.3) is 0 Å². The van der Waals surface area contributed by atoms with Crippen LogP contribution in [0.15, 0.2) is 38.0 Å². The quantitative estimate of drug-likeness (QED) is 0.675. The van der Waals surface area contributed by atoms with Crippen LogP contribution in [0.3, 0.4) is 0 Å². The van der Waals surface area contributed by atoms with Crippen LogP contribution in [-0.4, -0.2) is 22.6 Å². The summed E-state index contributed by atoms with van der Waals surface area (Å²) in [4.78, 5) is 27.4. The lowest BCUT2D eigenvalue weighted by atomic mass is 10.1. The zero-order valence-electron chi connectivity index (χ0n) is 14.2. The molecule has 8 nitrogen and oxygen atoms in total. The number of carbonyl (C=O) groups is 1. The van der Waals surface area contributed by atoms with E-state index in [9.17, 15) is 9.59 Å². The Kier molecular flexibility index (Phi) is 4.16. The molecule has 0 atom stereocenters. The number of aryl methyl sites for hydroxylation is 1. The minimum atomic E-state index is -0.410. The number of aromatic nitrogens is 2. The van der Waals surface area contributed by atoms with Crippen LogP contribution >= 0.6 is 0 Å². The number of rotatable bonds is 6. The van der Waals surface area contributed by atoms with Crippen molar-refractivity contribution in [3.8, 4) is 5.75 Å². The first-order valence-corrected chi connectivity index (χ1v) is 8.36. The molecular formula is C18H17N3O5. The number of hydrogen-bond donors (Lipinski definition) is 1. The SMILES string of the molecule is Cc1cc(=O)oc2cc(OCc3noc(C(=O)NCC4CC4)n3)ccc12. The van der Waals surface area contributed by atoms with Crippen molar-refractivity contribution in [2.24, 2.45) is 5.92 Å². The molecule has 1 amide bonds. The Morgan fingerprint density at radius 3 is 3.00 bits per heavy atom. The van der Waals surface area contributed by atoms with Gasteiger partial charge in [0.1, 0.15) is 11.3 Å². The summed E-state index contributed by atoms with van der Waals surface area (Å²) >= 11 is 0. The number of amides is 1. The number of benzene rings is 1. The van der Waals surface area contributed by atoms with E-state index >= 15 is 0 Å². The molecule has 8 heteroatoms. The Morgan fingerprint density at radius 1 is 1.35 bits per heavy atom. The average Bonchev–Trinajstić information content (AvgIpc) is 3.33. The summed E-state index contributed by atoms with van der Waals surface area (Å²) in [5.41, 5.74) is 0.871. The van der Waals surface area contributed by atoms with E-state index in [4.69, 9.17) is 13.7 Å². The van der Waals surface area contributed by atoms with Crippen LogP contribution in [0.5, 0.6) is 5.75 Å². The third-order valence-electron chi connectivity index (χ3n) is 4.20. The summed E-state index contributed by atoms with van der Waals surface area (Å²) in [5, 5.41) is 7.34. The molecule has 26 heavy (non-hydrogen) atoms. The Balaban J connectivity index is 1.41. The Bertz CT molecular complexity index is 1020. The minimum absolute atomic E-state index is 0.0287. The second kappa shape index (κ2) is 6.62. The largest absolute Gasteiger partial charge is 0.485 e. The number of nitrogens with one attached hydrogen (secondary N) is 1. The molecule has 0 bridgehead atoms. The molecule has 4 rings (SSSR count). The maximum atomic E-state index is 11.9. The molecule has 2 heterocycles. The maximum Gasteiger partial charge on any atom is 0.336 e. The van der Waals surface area contributed by atoms with Gasteiger partial charge in [0.2, 0.25) is 5.82 Å². The first-order chi connectivity index (χ1) is 12.6. The van der Waals surface area contributed by atoms with Crippen molar-refractivity contribution in [2.45, 2.75) is 26.4 Å². The molecule has 1 saturated carbocycles. The molecule has 134 valence electrons. The second-order valence-electron chi connectivity index (χ2n) is 6.36. The van der Waals surface area contributed by atoms with E-state index in [1.807, 2.05) is 13.0 Å². The molecule has 2 aromatic heterocycles. The number of nitrogens with zero attached hydrogens (tertiary/aromatic N) is 2. The fourth-order valence-corrected chi connectivity index (χ4v) is 2.58. The molecule has 1 N–H and O–H groups in total. The first kappa shape index (κ1) is 16.3. The van der Waals surface area contributed by atoms with Gasteiger partial charge in [0.15, 0.2) is 6.61 Å². The molecule has 0 spiro atoms. The highest BCUT2D eigenvalue weighted by atomic mass is 16.5. The standard InChI is InChI=1S/C18H17N3O5/c1-10-6-16(22)25-14-7-12(4-5-13(10)14)24-9-15-20-18(26-21-15)17(23)19-8-11-2-3-11/h4-7,11H,2-3,8-9H2,1H3,(H,19,23). The van der Waals surface area contributed by atoms with E-state index in [-0.39, 0.29) is 24.2 Å². The van der Waals surface area contributed by atoms with Gasteiger partial charge < -0.3 is 19.0 Å². The van der Waals surface area contributed by atoms with Gasteiger partial charge in [-0.25, -0.2) is 4.79 Å². The van der Waals surface area contributed by atoms with Crippen LogP contribution in [0.25, 0.3) is 11.0 Å². The van der Waals surface area contributed by atoms with Crippen molar-refractivity contribution in [1.82, 2.24) is 15.5 Å². The average molecular weight is 355 g/mol. The lowest BCUT2D eigenvalue weighted by molar-refractivity contribution is 0.0908. The minimum Gasteiger partial charge on any atom is -0.485 e. The van der Waals surface area contributed by atoms with E-state index in [1.165, 1.54) is 6.07 Å². The van der Waals surface area contributed by atoms with Crippen molar-refractivity contribution in [3.63, 3.8) is 0 Å². The Morgan fingerprint density at radius 2 is 2.19 bits per heavy atom. The summed E-state index contributed by atoms with van der Waals surface area (Å²) in [7, 11) is 0. The van der Waals surface area contributed by atoms with Crippen LogP contribution in [-0.2, 0) is 6.61 Å². The lowest BCUT2D eigenvalue weighted by Gasteiger charge is -2.05. The van der Waals surface area contributed by atoms with Gasteiger partial charge in [-0.2, -0.15) is 4.98 Å². The van der Waals surface area contributed by atoms with Crippen LogP contribution in [0.2, 0.25) is 0 Å². The van der Waals surface area contributed by atoms with Crippen LogP contribution in [0.4, 0.5) is 0 Å². The van der Waals surface area contributed by atoms with Gasteiger partial charge in [-0.05, 0) is 43.4 Å². The van der Waals surface area contributed by atoms with Gasteiger partial charge >= 0.3 is 17.4 Å². The smallest absolute Gasteiger partial charge is 0.336 e. The zero-order chi connectivity index (χ0) is 18.1.